The molecule has 1 fully saturated rings. The fourth-order valence-electron chi connectivity index (χ4n) is 3.00. The van der Waals surface area contributed by atoms with Crippen LogP contribution in [0.25, 0.3) is 0 Å². The lowest BCUT2D eigenvalue weighted by atomic mass is 9.99. The SMILES string of the molecule is NS(=O)(=O)c1cc(C(=O)OC2O[C@H](C(=O)O)[C@@H](O)[C@H](O)[C@H]2O)c(NCc2ccco2)cc1Cl. The van der Waals surface area contributed by atoms with Gasteiger partial charge in [-0.05, 0) is 24.3 Å². The molecule has 1 aliphatic heterocycles. The van der Waals surface area contributed by atoms with E-state index >= 15 is 0 Å². The number of carbonyl (C=O) groups excluding carboxylic acids is 1. The summed E-state index contributed by atoms with van der Waals surface area (Å²) in [5.41, 5.74) is -0.437. The lowest BCUT2D eigenvalue weighted by molar-refractivity contribution is -0.278. The van der Waals surface area contributed by atoms with E-state index < -0.39 is 63.1 Å². The monoisotopic (exact) mass is 506 g/mol. The molecule has 1 aliphatic rings. The number of anilines is 1. The average molecular weight is 507 g/mol. The Kier molecular flexibility index (Phi) is 7.28. The van der Waals surface area contributed by atoms with Gasteiger partial charge in [-0.2, -0.15) is 0 Å². The first-order chi connectivity index (χ1) is 15.4. The first-order valence-electron chi connectivity index (χ1n) is 9.16. The summed E-state index contributed by atoms with van der Waals surface area (Å²) < 4.78 is 38.7. The summed E-state index contributed by atoms with van der Waals surface area (Å²) in [6.07, 6.45) is -8.64. The van der Waals surface area contributed by atoms with E-state index in [4.69, 9.17) is 35.7 Å². The minimum absolute atomic E-state index is 0.0190. The maximum Gasteiger partial charge on any atom is 0.342 e. The number of esters is 1. The van der Waals surface area contributed by atoms with Crippen molar-refractivity contribution in [2.24, 2.45) is 5.14 Å². The third-order valence-corrected chi connectivity index (χ3v) is 6.04. The fraction of sp³-hybridized carbons (Fsp3) is 0.333. The van der Waals surface area contributed by atoms with E-state index in [1.165, 1.54) is 6.26 Å². The van der Waals surface area contributed by atoms with Gasteiger partial charge >= 0.3 is 11.9 Å². The summed E-state index contributed by atoms with van der Waals surface area (Å²) in [4.78, 5) is 23.5. The number of benzene rings is 1. The van der Waals surface area contributed by atoms with Crippen molar-refractivity contribution in [2.75, 3.05) is 5.32 Å². The lowest BCUT2D eigenvalue weighted by Crippen LogP contribution is -2.60. The van der Waals surface area contributed by atoms with Gasteiger partial charge in [0.2, 0.25) is 16.3 Å². The van der Waals surface area contributed by atoms with Crippen molar-refractivity contribution in [3.8, 4) is 0 Å². The Labute approximate surface area is 191 Å². The number of hydrogen-bond acceptors (Lipinski definition) is 11. The molecule has 5 atom stereocenters. The van der Waals surface area contributed by atoms with Gasteiger partial charge < -0.3 is 39.6 Å². The number of aliphatic hydroxyl groups excluding tert-OH is 3. The van der Waals surface area contributed by atoms with Gasteiger partial charge in [-0.1, -0.05) is 11.6 Å². The van der Waals surface area contributed by atoms with Gasteiger partial charge in [0.1, 0.15) is 29.0 Å². The third-order valence-electron chi connectivity index (χ3n) is 4.67. The first-order valence-corrected chi connectivity index (χ1v) is 11.1. The van der Waals surface area contributed by atoms with Crippen LogP contribution < -0.4 is 10.5 Å². The van der Waals surface area contributed by atoms with Crippen molar-refractivity contribution in [2.45, 2.75) is 42.1 Å². The molecular weight excluding hydrogens is 488 g/mol. The number of hydrogen-bond donors (Lipinski definition) is 6. The van der Waals surface area contributed by atoms with Crippen molar-refractivity contribution >= 4 is 39.3 Å². The number of ether oxygens (including phenoxy) is 2. The van der Waals surface area contributed by atoms with Crippen molar-refractivity contribution in [1.82, 2.24) is 0 Å². The van der Waals surface area contributed by atoms with E-state index in [1.807, 2.05) is 0 Å². The van der Waals surface area contributed by atoms with E-state index in [1.54, 1.807) is 12.1 Å². The number of nitrogens with one attached hydrogen (secondary N) is 1. The van der Waals surface area contributed by atoms with Crippen molar-refractivity contribution in [1.29, 1.82) is 0 Å². The zero-order valence-corrected chi connectivity index (χ0v) is 18.1. The highest BCUT2D eigenvalue weighted by molar-refractivity contribution is 7.89. The van der Waals surface area contributed by atoms with E-state index in [0.29, 0.717) is 5.76 Å². The standard InChI is InChI=1S/C18H19ClN2O11S/c19-9-5-10(21-6-7-2-1-3-30-7)8(4-11(9)33(20,28)29)17(27)32-18-14(24)12(22)13(23)15(31-18)16(25)26/h1-5,12-15,18,21-24H,6H2,(H,25,26)(H2,20,28,29)/t12-,13-,14+,15-,18?/m0/s1. The Morgan fingerprint density at radius 3 is 2.45 bits per heavy atom. The number of aliphatic hydroxyl groups is 3. The van der Waals surface area contributed by atoms with Crippen molar-refractivity contribution in [3.05, 3.63) is 46.9 Å². The summed E-state index contributed by atoms with van der Waals surface area (Å²) >= 11 is 5.99. The normalized spacial score (nSPS) is 25.4. The number of carboxylic acids is 1. The first kappa shape index (κ1) is 24.9. The van der Waals surface area contributed by atoms with Gasteiger partial charge in [-0.25, -0.2) is 23.1 Å². The summed E-state index contributed by atoms with van der Waals surface area (Å²) in [6.45, 7) is 0.0485. The van der Waals surface area contributed by atoms with E-state index in [-0.39, 0.29) is 17.3 Å². The van der Waals surface area contributed by atoms with Crippen molar-refractivity contribution in [3.63, 3.8) is 0 Å². The molecule has 0 radical (unpaired) electrons. The Morgan fingerprint density at radius 1 is 1.18 bits per heavy atom. The molecule has 13 nitrogen and oxygen atoms in total. The third kappa shape index (κ3) is 5.44. The van der Waals surface area contributed by atoms with Gasteiger partial charge in [0.15, 0.2) is 6.10 Å². The molecule has 1 aromatic heterocycles. The molecule has 0 bridgehead atoms. The summed E-state index contributed by atoms with van der Waals surface area (Å²) in [5.74, 6) is -2.51. The molecule has 1 saturated heterocycles. The maximum absolute atomic E-state index is 12.8. The molecule has 7 N–H and O–H groups in total. The summed E-state index contributed by atoms with van der Waals surface area (Å²) in [6, 6.07) is 5.15. The smallest absolute Gasteiger partial charge is 0.342 e. The van der Waals surface area contributed by atoms with Crippen LogP contribution in [0.5, 0.6) is 0 Å². The fourth-order valence-corrected chi connectivity index (χ4v) is 4.10. The van der Waals surface area contributed by atoms with Crippen LogP contribution in [-0.2, 0) is 30.8 Å². The zero-order valence-electron chi connectivity index (χ0n) is 16.5. The zero-order chi connectivity index (χ0) is 24.5. The Bertz CT molecular complexity index is 1140. The minimum atomic E-state index is -4.36. The van der Waals surface area contributed by atoms with Gasteiger partial charge in [0.25, 0.3) is 0 Å². The summed E-state index contributed by atoms with van der Waals surface area (Å²) in [7, 11) is -4.36. The number of primary sulfonamides is 1. The molecule has 1 unspecified atom stereocenters. The highest BCUT2D eigenvalue weighted by Crippen LogP contribution is 2.31. The van der Waals surface area contributed by atoms with Crippen LogP contribution in [0.1, 0.15) is 16.1 Å². The molecule has 2 aromatic rings. The Hall–Kier alpha value is -2.72. The van der Waals surface area contributed by atoms with Gasteiger partial charge in [-0.3, -0.25) is 0 Å². The number of furan rings is 1. The quantitative estimate of drug-likeness (QED) is 0.255. The predicted molar refractivity (Wildman–Crippen MR) is 109 cm³/mol. The maximum atomic E-state index is 12.8. The number of aliphatic carboxylic acids is 1. The van der Waals surface area contributed by atoms with Gasteiger partial charge in [0.05, 0.1) is 29.1 Å². The molecule has 1 aromatic carbocycles. The second-order valence-electron chi connectivity index (χ2n) is 6.95. The topological polar surface area (TPSA) is 219 Å². The molecule has 0 aliphatic carbocycles. The van der Waals surface area contributed by atoms with Crippen LogP contribution >= 0.6 is 11.6 Å². The molecule has 0 amide bonds. The van der Waals surface area contributed by atoms with E-state index in [9.17, 15) is 33.3 Å². The van der Waals surface area contributed by atoms with E-state index in [0.717, 1.165) is 12.1 Å². The Balaban J connectivity index is 1.93. The second kappa shape index (κ2) is 9.64. The largest absolute Gasteiger partial charge is 0.479 e. The molecule has 0 spiro atoms. The van der Waals surface area contributed by atoms with Crippen LogP contribution in [0, 0.1) is 0 Å². The molecule has 33 heavy (non-hydrogen) atoms. The molecule has 2 heterocycles. The molecule has 180 valence electrons. The van der Waals surface area contributed by atoms with Crippen LogP contribution in [0.2, 0.25) is 5.02 Å². The number of carboxylic acid groups (broad SMARTS) is 1. The van der Waals surface area contributed by atoms with Gasteiger partial charge in [0, 0.05) is 0 Å². The lowest BCUT2D eigenvalue weighted by Gasteiger charge is -2.38. The number of nitrogens with two attached hydrogens (primary N) is 1. The summed E-state index contributed by atoms with van der Waals surface area (Å²) in [5, 5.41) is 46.4. The number of sulfonamides is 1. The number of rotatable bonds is 7. The van der Waals surface area contributed by atoms with Crippen molar-refractivity contribution < 1.29 is 52.3 Å². The van der Waals surface area contributed by atoms with Gasteiger partial charge in [-0.15, -0.1) is 0 Å². The minimum Gasteiger partial charge on any atom is -0.479 e. The Morgan fingerprint density at radius 2 is 1.88 bits per heavy atom. The van der Waals surface area contributed by atoms with Crippen LogP contribution in [0.3, 0.4) is 0 Å². The van der Waals surface area contributed by atoms with Crippen LogP contribution in [0.4, 0.5) is 5.69 Å². The molecule has 15 heteroatoms. The number of carbonyl (C=O) groups is 2. The van der Waals surface area contributed by atoms with Crippen LogP contribution in [0.15, 0.2) is 39.8 Å². The highest BCUT2D eigenvalue weighted by Gasteiger charge is 2.48. The molecule has 0 saturated carbocycles. The highest BCUT2D eigenvalue weighted by atomic mass is 35.5. The number of halogens is 1. The predicted octanol–water partition coefficient (Wildman–Crippen LogP) is -0.758. The average Bonchev–Trinajstić information content (AvgIpc) is 3.25. The second-order valence-corrected chi connectivity index (χ2v) is 8.88. The van der Waals surface area contributed by atoms with Crippen LogP contribution in [-0.4, -0.2) is 71.5 Å². The molecule has 3 rings (SSSR count). The molecular formula is C18H19ClN2O11S. The van der Waals surface area contributed by atoms with E-state index in [2.05, 4.69) is 5.32 Å².